The van der Waals surface area contributed by atoms with Crippen molar-refractivity contribution < 1.29 is 4.74 Å². The number of hydrogen-bond acceptors (Lipinski definition) is 2. The SMILES string of the molecule is CCCCOCCNC(=NC)NC(C)CC.I. The Hall–Kier alpha value is -0.0400. The van der Waals surface area contributed by atoms with Crippen molar-refractivity contribution in [2.24, 2.45) is 4.99 Å². The lowest BCUT2D eigenvalue weighted by Crippen LogP contribution is -2.43. The molecule has 5 heteroatoms. The first-order chi connectivity index (χ1) is 7.74. The highest BCUT2D eigenvalue weighted by atomic mass is 127. The van der Waals surface area contributed by atoms with E-state index in [-0.39, 0.29) is 24.0 Å². The van der Waals surface area contributed by atoms with Crippen LogP contribution in [0.1, 0.15) is 40.0 Å². The van der Waals surface area contributed by atoms with Crippen molar-refractivity contribution in [2.45, 2.75) is 46.1 Å². The van der Waals surface area contributed by atoms with Crippen LogP contribution in [0.3, 0.4) is 0 Å². The zero-order valence-corrected chi connectivity index (χ0v) is 13.9. The van der Waals surface area contributed by atoms with Gasteiger partial charge in [-0.15, -0.1) is 24.0 Å². The lowest BCUT2D eigenvalue weighted by Gasteiger charge is -2.16. The molecule has 0 saturated heterocycles. The third kappa shape index (κ3) is 12.2. The molecular formula is C12H28IN3O. The van der Waals surface area contributed by atoms with Gasteiger partial charge >= 0.3 is 0 Å². The molecule has 17 heavy (non-hydrogen) atoms. The van der Waals surface area contributed by atoms with Crippen molar-refractivity contribution in [3.8, 4) is 0 Å². The fraction of sp³-hybridized carbons (Fsp3) is 0.917. The molecule has 0 aromatic rings. The van der Waals surface area contributed by atoms with Gasteiger partial charge in [0.2, 0.25) is 0 Å². The van der Waals surface area contributed by atoms with Crippen LogP contribution in [0.2, 0.25) is 0 Å². The van der Waals surface area contributed by atoms with Crippen molar-refractivity contribution in [1.29, 1.82) is 0 Å². The second kappa shape index (κ2) is 14.0. The third-order valence-electron chi connectivity index (χ3n) is 2.40. The molecule has 1 atom stereocenters. The summed E-state index contributed by atoms with van der Waals surface area (Å²) in [7, 11) is 1.79. The number of guanidine groups is 1. The van der Waals surface area contributed by atoms with Gasteiger partial charge in [-0.1, -0.05) is 20.3 Å². The van der Waals surface area contributed by atoms with E-state index in [4.69, 9.17) is 4.74 Å². The van der Waals surface area contributed by atoms with Crippen LogP contribution in [0.4, 0.5) is 0 Å². The van der Waals surface area contributed by atoms with Gasteiger partial charge < -0.3 is 15.4 Å². The maximum Gasteiger partial charge on any atom is 0.191 e. The predicted molar refractivity (Wildman–Crippen MR) is 85.4 cm³/mol. The van der Waals surface area contributed by atoms with E-state index in [9.17, 15) is 0 Å². The number of ether oxygens (including phenoxy) is 1. The molecule has 0 fully saturated rings. The molecule has 0 spiro atoms. The lowest BCUT2D eigenvalue weighted by molar-refractivity contribution is 0.136. The number of nitrogens with one attached hydrogen (secondary N) is 2. The molecule has 0 bridgehead atoms. The molecule has 0 aliphatic carbocycles. The molecule has 0 rings (SSSR count). The summed E-state index contributed by atoms with van der Waals surface area (Å²) in [4.78, 5) is 4.15. The van der Waals surface area contributed by atoms with Gasteiger partial charge in [-0.3, -0.25) is 4.99 Å². The quantitative estimate of drug-likeness (QED) is 0.304. The maximum atomic E-state index is 5.45. The molecule has 1 unspecified atom stereocenters. The third-order valence-corrected chi connectivity index (χ3v) is 2.40. The first kappa shape index (κ1) is 19.3. The molecule has 0 amide bonds. The van der Waals surface area contributed by atoms with E-state index in [0.29, 0.717) is 6.04 Å². The summed E-state index contributed by atoms with van der Waals surface area (Å²) in [5.41, 5.74) is 0. The number of unbranched alkanes of at least 4 members (excludes halogenated alkanes) is 1. The fourth-order valence-corrected chi connectivity index (χ4v) is 1.12. The summed E-state index contributed by atoms with van der Waals surface area (Å²) in [6.07, 6.45) is 3.41. The minimum Gasteiger partial charge on any atom is -0.380 e. The maximum absolute atomic E-state index is 5.45. The normalized spacial score (nSPS) is 12.8. The van der Waals surface area contributed by atoms with Crippen LogP contribution in [0.25, 0.3) is 0 Å². The molecule has 2 N–H and O–H groups in total. The Morgan fingerprint density at radius 2 is 2.00 bits per heavy atom. The average molecular weight is 357 g/mol. The van der Waals surface area contributed by atoms with Crippen LogP contribution in [-0.2, 0) is 4.74 Å². The van der Waals surface area contributed by atoms with E-state index in [1.807, 2.05) is 0 Å². The molecule has 0 aromatic heterocycles. The number of aliphatic imine (C=N–C) groups is 1. The minimum absolute atomic E-state index is 0. The molecule has 0 radical (unpaired) electrons. The first-order valence-corrected chi connectivity index (χ1v) is 6.29. The summed E-state index contributed by atoms with van der Waals surface area (Å²) in [6, 6.07) is 0.451. The van der Waals surface area contributed by atoms with E-state index < -0.39 is 0 Å². The Bertz CT molecular complexity index is 189. The summed E-state index contributed by atoms with van der Waals surface area (Å²) < 4.78 is 5.45. The molecular weight excluding hydrogens is 329 g/mol. The predicted octanol–water partition coefficient (Wildman–Crippen LogP) is 2.38. The number of hydrogen-bond donors (Lipinski definition) is 2. The Morgan fingerprint density at radius 3 is 2.53 bits per heavy atom. The summed E-state index contributed by atoms with van der Waals surface area (Å²) in [6.45, 7) is 8.86. The second-order valence-corrected chi connectivity index (χ2v) is 3.92. The highest BCUT2D eigenvalue weighted by Crippen LogP contribution is 1.88. The molecule has 0 saturated carbocycles. The van der Waals surface area contributed by atoms with Crippen molar-refractivity contribution in [2.75, 3.05) is 26.8 Å². The van der Waals surface area contributed by atoms with E-state index in [1.165, 1.54) is 6.42 Å². The molecule has 0 aromatic carbocycles. The van der Waals surface area contributed by atoms with Gasteiger partial charge in [-0.05, 0) is 19.8 Å². The van der Waals surface area contributed by atoms with Gasteiger partial charge in [0.25, 0.3) is 0 Å². The van der Waals surface area contributed by atoms with Gasteiger partial charge in [-0.25, -0.2) is 0 Å². The van der Waals surface area contributed by atoms with Gasteiger partial charge in [-0.2, -0.15) is 0 Å². The Balaban J connectivity index is 0. The van der Waals surface area contributed by atoms with Crippen molar-refractivity contribution in [3.05, 3.63) is 0 Å². The summed E-state index contributed by atoms with van der Waals surface area (Å²) >= 11 is 0. The van der Waals surface area contributed by atoms with Crippen LogP contribution in [-0.4, -0.2) is 38.8 Å². The van der Waals surface area contributed by atoms with Gasteiger partial charge in [0.15, 0.2) is 5.96 Å². The van der Waals surface area contributed by atoms with Crippen LogP contribution in [0.15, 0.2) is 4.99 Å². The number of nitrogens with zero attached hydrogens (tertiary/aromatic N) is 1. The van der Waals surface area contributed by atoms with Crippen LogP contribution in [0.5, 0.6) is 0 Å². The van der Waals surface area contributed by atoms with E-state index in [1.54, 1.807) is 7.05 Å². The first-order valence-electron chi connectivity index (χ1n) is 6.29. The molecule has 4 nitrogen and oxygen atoms in total. The van der Waals surface area contributed by atoms with Crippen LogP contribution < -0.4 is 10.6 Å². The Kier molecular flexibility index (Phi) is 15.9. The Labute approximate surface area is 123 Å². The summed E-state index contributed by atoms with van der Waals surface area (Å²) in [5.74, 6) is 0.855. The standard InChI is InChI=1S/C12H27N3O.HI/c1-5-7-9-16-10-8-14-12(13-4)15-11(3)6-2;/h11H,5-10H2,1-4H3,(H2,13,14,15);1H. The van der Waals surface area contributed by atoms with E-state index in [2.05, 4.69) is 36.4 Å². The second-order valence-electron chi connectivity index (χ2n) is 3.92. The zero-order valence-electron chi connectivity index (χ0n) is 11.6. The van der Waals surface area contributed by atoms with Crippen molar-refractivity contribution >= 4 is 29.9 Å². The smallest absolute Gasteiger partial charge is 0.191 e. The zero-order chi connectivity index (χ0) is 12.2. The van der Waals surface area contributed by atoms with Crippen molar-refractivity contribution in [1.82, 2.24) is 10.6 Å². The largest absolute Gasteiger partial charge is 0.380 e. The van der Waals surface area contributed by atoms with Gasteiger partial charge in [0, 0.05) is 26.2 Å². The molecule has 0 aliphatic heterocycles. The molecule has 0 aliphatic rings. The Morgan fingerprint density at radius 1 is 1.29 bits per heavy atom. The fourth-order valence-electron chi connectivity index (χ4n) is 1.12. The lowest BCUT2D eigenvalue weighted by atomic mass is 10.3. The van der Waals surface area contributed by atoms with E-state index >= 15 is 0 Å². The number of rotatable bonds is 8. The van der Waals surface area contributed by atoms with Crippen LogP contribution in [0, 0.1) is 0 Å². The van der Waals surface area contributed by atoms with E-state index in [0.717, 1.165) is 38.6 Å². The highest BCUT2D eigenvalue weighted by molar-refractivity contribution is 14.0. The summed E-state index contributed by atoms with van der Waals surface area (Å²) in [5, 5.41) is 6.53. The minimum atomic E-state index is 0. The van der Waals surface area contributed by atoms with Gasteiger partial charge in [0.05, 0.1) is 6.61 Å². The molecule has 0 heterocycles. The number of halogens is 1. The molecule has 104 valence electrons. The van der Waals surface area contributed by atoms with Crippen LogP contribution >= 0.6 is 24.0 Å². The topological polar surface area (TPSA) is 45.6 Å². The monoisotopic (exact) mass is 357 g/mol. The van der Waals surface area contributed by atoms with Gasteiger partial charge in [0.1, 0.15) is 0 Å². The average Bonchev–Trinajstić information content (AvgIpc) is 2.31. The highest BCUT2D eigenvalue weighted by Gasteiger charge is 2.01. The van der Waals surface area contributed by atoms with Crippen molar-refractivity contribution in [3.63, 3.8) is 0 Å².